The molecule has 0 atom stereocenters. The van der Waals surface area contributed by atoms with Gasteiger partial charge in [-0.3, -0.25) is 4.79 Å². The first-order valence-electron chi connectivity index (χ1n) is 7.98. The van der Waals surface area contributed by atoms with Crippen molar-refractivity contribution in [2.24, 2.45) is 0 Å². The summed E-state index contributed by atoms with van der Waals surface area (Å²) in [5, 5.41) is 16.8. The van der Waals surface area contributed by atoms with Crippen molar-refractivity contribution < 1.29 is 4.79 Å². The van der Waals surface area contributed by atoms with E-state index < -0.39 is 0 Å². The molecule has 0 aliphatic carbocycles. The summed E-state index contributed by atoms with van der Waals surface area (Å²) in [5.41, 5.74) is 3.02. The number of nitrogens with one attached hydrogen (secondary N) is 1. The molecule has 0 aliphatic rings. The number of carbonyl (C=O) groups is 1. The van der Waals surface area contributed by atoms with Gasteiger partial charge in [0.2, 0.25) is 4.96 Å². The number of halogens is 2. The minimum Gasteiger partial charge on any atom is -0.322 e. The molecule has 6 nitrogen and oxygen atoms in total. The van der Waals surface area contributed by atoms with Gasteiger partial charge in [-0.2, -0.15) is 9.61 Å². The molecule has 4 aromatic rings. The summed E-state index contributed by atoms with van der Waals surface area (Å²) in [4.78, 5) is 13.3. The summed E-state index contributed by atoms with van der Waals surface area (Å²) in [6.45, 7) is 3.80. The zero-order chi connectivity index (χ0) is 19.1. The predicted molar refractivity (Wildman–Crippen MR) is 111 cm³/mol. The molecule has 0 saturated heterocycles. The average molecular weight is 463 g/mol. The van der Waals surface area contributed by atoms with E-state index in [0.29, 0.717) is 10.6 Å². The van der Waals surface area contributed by atoms with Crippen LogP contribution in [0.15, 0.2) is 40.9 Å². The molecular formula is C18H13BrClN5OS. The Kier molecular flexibility index (Phi) is 4.71. The number of anilines is 1. The minimum absolute atomic E-state index is 0.258. The van der Waals surface area contributed by atoms with Crippen molar-refractivity contribution in [3.63, 3.8) is 0 Å². The molecule has 2 aromatic carbocycles. The van der Waals surface area contributed by atoms with E-state index in [1.54, 1.807) is 22.7 Å². The minimum atomic E-state index is -0.258. The van der Waals surface area contributed by atoms with Gasteiger partial charge in [-0.05, 0) is 55.8 Å². The Balaban J connectivity index is 1.61. The number of fused-ring (bicyclic) bond motifs is 1. The standard InChI is InChI=1S/C18H13BrClN5OS/c1-9-7-11(17-24-25-10(2)22-23-18(25)27-17)3-6-15(9)21-16(26)13-8-12(19)4-5-14(13)20/h3-8H,1-2H3,(H,21,26). The zero-order valence-corrected chi connectivity index (χ0v) is 17.5. The summed E-state index contributed by atoms with van der Waals surface area (Å²) in [6.07, 6.45) is 0. The molecular weight excluding hydrogens is 450 g/mol. The largest absolute Gasteiger partial charge is 0.322 e. The molecule has 0 unspecified atom stereocenters. The van der Waals surface area contributed by atoms with Gasteiger partial charge in [-0.25, -0.2) is 0 Å². The molecule has 0 saturated carbocycles. The summed E-state index contributed by atoms with van der Waals surface area (Å²) in [7, 11) is 0. The van der Waals surface area contributed by atoms with E-state index >= 15 is 0 Å². The highest BCUT2D eigenvalue weighted by atomic mass is 79.9. The van der Waals surface area contributed by atoms with Crippen molar-refractivity contribution in [1.82, 2.24) is 19.8 Å². The van der Waals surface area contributed by atoms with Crippen LogP contribution in [0.5, 0.6) is 0 Å². The van der Waals surface area contributed by atoms with Crippen molar-refractivity contribution >= 4 is 55.4 Å². The van der Waals surface area contributed by atoms with Gasteiger partial charge in [0.25, 0.3) is 5.91 Å². The molecule has 136 valence electrons. The zero-order valence-electron chi connectivity index (χ0n) is 14.3. The van der Waals surface area contributed by atoms with E-state index in [2.05, 4.69) is 36.5 Å². The second-order valence-electron chi connectivity index (χ2n) is 5.96. The van der Waals surface area contributed by atoms with Crippen LogP contribution in [-0.4, -0.2) is 25.7 Å². The molecule has 1 amide bonds. The van der Waals surface area contributed by atoms with Crippen LogP contribution in [0.1, 0.15) is 21.7 Å². The Morgan fingerprint density at radius 1 is 1.19 bits per heavy atom. The van der Waals surface area contributed by atoms with E-state index in [4.69, 9.17) is 11.6 Å². The predicted octanol–water partition coefficient (Wildman–Crippen LogP) is 5.14. The second kappa shape index (κ2) is 7.03. The lowest BCUT2D eigenvalue weighted by Crippen LogP contribution is -2.13. The summed E-state index contributed by atoms with van der Waals surface area (Å²) in [5.74, 6) is 0.491. The number of rotatable bonds is 3. The second-order valence-corrected chi connectivity index (χ2v) is 8.24. The topological polar surface area (TPSA) is 72.2 Å². The number of aryl methyl sites for hydroxylation is 2. The van der Waals surface area contributed by atoms with Crippen LogP contribution < -0.4 is 5.32 Å². The van der Waals surface area contributed by atoms with E-state index in [1.165, 1.54) is 11.3 Å². The fourth-order valence-electron chi connectivity index (χ4n) is 2.63. The van der Waals surface area contributed by atoms with Gasteiger partial charge in [0.15, 0.2) is 5.82 Å². The maximum Gasteiger partial charge on any atom is 0.257 e. The summed E-state index contributed by atoms with van der Waals surface area (Å²) in [6, 6.07) is 10.9. The third-order valence-corrected chi connectivity index (χ3v) is 5.81. The van der Waals surface area contributed by atoms with Crippen molar-refractivity contribution in [2.75, 3.05) is 5.32 Å². The summed E-state index contributed by atoms with van der Waals surface area (Å²) >= 11 is 11.0. The van der Waals surface area contributed by atoms with Crippen molar-refractivity contribution in [1.29, 1.82) is 0 Å². The third kappa shape index (κ3) is 3.47. The maximum atomic E-state index is 12.6. The summed E-state index contributed by atoms with van der Waals surface area (Å²) < 4.78 is 2.52. The molecule has 0 spiro atoms. The smallest absolute Gasteiger partial charge is 0.257 e. The van der Waals surface area contributed by atoms with E-state index in [0.717, 1.165) is 37.1 Å². The van der Waals surface area contributed by atoms with Gasteiger partial charge < -0.3 is 5.32 Å². The van der Waals surface area contributed by atoms with Gasteiger partial charge >= 0.3 is 0 Å². The number of hydrogen-bond acceptors (Lipinski definition) is 5. The molecule has 0 fully saturated rings. The molecule has 0 bridgehead atoms. The number of amides is 1. The number of nitrogens with zero attached hydrogens (tertiary/aromatic N) is 4. The van der Waals surface area contributed by atoms with E-state index in [-0.39, 0.29) is 5.91 Å². The van der Waals surface area contributed by atoms with Crippen molar-refractivity contribution in [3.05, 3.63) is 62.8 Å². The highest BCUT2D eigenvalue weighted by molar-refractivity contribution is 9.10. The number of hydrogen-bond donors (Lipinski definition) is 1. The molecule has 27 heavy (non-hydrogen) atoms. The Morgan fingerprint density at radius 2 is 2.00 bits per heavy atom. The fourth-order valence-corrected chi connectivity index (χ4v) is 4.08. The highest BCUT2D eigenvalue weighted by Gasteiger charge is 2.14. The number of carbonyl (C=O) groups excluding carboxylic acids is 1. The SMILES string of the molecule is Cc1cc(-c2nn3c(C)nnc3s2)ccc1NC(=O)c1cc(Br)ccc1Cl. The highest BCUT2D eigenvalue weighted by Crippen LogP contribution is 2.29. The fraction of sp³-hybridized carbons (Fsp3) is 0.111. The maximum absolute atomic E-state index is 12.6. The Morgan fingerprint density at radius 3 is 2.74 bits per heavy atom. The lowest BCUT2D eigenvalue weighted by molar-refractivity contribution is 0.102. The van der Waals surface area contributed by atoms with Gasteiger partial charge in [-0.15, -0.1) is 10.2 Å². The van der Waals surface area contributed by atoms with E-state index in [9.17, 15) is 4.79 Å². The first-order chi connectivity index (χ1) is 12.9. The number of benzene rings is 2. The molecule has 2 heterocycles. The van der Waals surface area contributed by atoms with Crippen LogP contribution >= 0.6 is 38.9 Å². The van der Waals surface area contributed by atoms with Crippen LogP contribution in [0, 0.1) is 13.8 Å². The third-order valence-electron chi connectivity index (χ3n) is 4.04. The average Bonchev–Trinajstić information content (AvgIpc) is 3.21. The van der Waals surface area contributed by atoms with Crippen LogP contribution in [0.25, 0.3) is 15.5 Å². The molecule has 9 heteroatoms. The molecule has 4 rings (SSSR count). The molecule has 2 aromatic heterocycles. The van der Waals surface area contributed by atoms with Gasteiger partial charge in [0, 0.05) is 15.7 Å². The molecule has 0 aliphatic heterocycles. The lowest BCUT2D eigenvalue weighted by Gasteiger charge is -2.11. The van der Waals surface area contributed by atoms with Crippen molar-refractivity contribution in [3.8, 4) is 10.6 Å². The molecule has 0 radical (unpaired) electrons. The monoisotopic (exact) mass is 461 g/mol. The Hall–Kier alpha value is -2.29. The molecule has 1 N–H and O–H groups in total. The van der Waals surface area contributed by atoms with E-state index in [1.807, 2.05) is 32.0 Å². The lowest BCUT2D eigenvalue weighted by atomic mass is 10.1. The van der Waals surface area contributed by atoms with Gasteiger partial charge in [0.1, 0.15) is 5.01 Å². The Labute approximate surface area is 172 Å². The van der Waals surface area contributed by atoms with Gasteiger partial charge in [0.05, 0.1) is 10.6 Å². The van der Waals surface area contributed by atoms with Crippen molar-refractivity contribution in [2.45, 2.75) is 13.8 Å². The van der Waals surface area contributed by atoms with Crippen LogP contribution in [-0.2, 0) is 0 Å². The quantitative estimate of drug-likeness (QED) is 0.458. The Bertz CT molecular complexity index is 1190. The number of aromatic nitrogens is 4. The van der Waals surface area contributed by atoms with Gasteiger partial charge in [-0.1, -0.05) is 38.9 Å². The first kappa shape index (κ1) is 18.1. The van der Waals surface area contributed by atoms with Crippen LogP contribution in [0.2, 0.25) is 5.02 Å². The normalized spacial score (nSPS) is 11.1. The van der Waals surface area contributed by atoms with Crippen LogP contribution in [0.4, 0.5) is 5.69 Å². The van der Waals surface area contributed by atoms with Crippen LogP contribution in [0.3, 0.4) is 0 Å². The first-order valence-corrected chi connectivity index (χ1v) is 9.97.